The van der Waals surface area contributed by atoms with Crippen molar-refractivity contribution < 1.29 is 0 Å². The summed E-state index contributed by atoms with van der Waals surface area (Å²) in [6, 6.07) is 0. The van der Waals surface area contributed by atoms with E-state index in [-0.39, 0.29) is 0 Å². The quantitative estimate of drug-likeness (QED) is 0.598. The molecule has 0 aromatic rings. The zero-order valence-corrected chi connectivity index (χ0v) is 11.7. The zero-order chi connectivity index (χ0) is 11.7. The second kappa shape index (κ2) is 5.33. The largest absolute Gasteiger partial charge is 0.0625 e. The van der Waals surface area contributed by atoms with Crippen LogP contribution in [0.1, 0.15) is 77.6 Å². The van der Waals surface area contributed by atoms with E-state index >= 15 is 0 Å². The lowest BCUT2D eigenvalue weighted by Crippen LogP contribution is -2.19. The molecule has 3 rings (SSSR count). The molecule has 0 radical (unpaired) electrons. The molecule has 3 saturated carbocycles. The van der Waals surface area contributed by atoms with E-state index in [9.17, 15) is 0 Å². The third-order valence-electron chi connectivity index (χ3n) is 6.31. The lowest BCUT2D eigenvalue weighted by atomic mass is 9.75. The summed E-state index contributed by atoms with van der Waals surface area (Å²) >= 11 is 0. The Hall–Kier alpha value is 0. The molecule has 17 heavy (non-hydrogen) atoms. The van der Waals surface area contributed by atoms with Gasteiger partial charge in [0, 0.05) is 0 Å². The van der Waals surface area contributed by atoms with Crippen molar-refractivity contribution in [2.75, 3.05) is 0 Å². The van der Waals surface area contributed by atoms with Crippen molar-refractivity contribution >= 4 is 0 Å². The van der Waals surface area contributed by atoms with Crippen LogP contribution >= 0.6 is 0 Å². The fourth-order valence-corrected chi connectivity index (χ4v) is 5.10. The highest BCUT2D eigenvalue weighted by molar-refractivity contribution is 4.87. The van der Waals surface area contributed by atoms with E-state index in [1.54, 1.807) is 44.9 Å². The van der Waals surface area contributed by atoms with E-state index in [1.165, 1.54) is 25.7 Å². The highest BCUT2D eigenvalue weighted by Crippen LogP contribution is 2.47. The Morgan fingerprint density at radius 1 is 0.529 bits per heavy atom. The first-order valence-corrected chi connectivity index (χ1v) is 8.33. The molecule has 3 aliphatic carbocycles. The van der Waals surface area contributed by atoms with E-state index in [0.29, 0.717) is 0 Å². The molecular weight excluding hydrogens is 204 g/mol. The van der Waals surface area contributed by atoms with Crippen LogP contribution in [-0.4, -0.2) is 0 Å². The normalized spacial score (nSPS) is 44.3. The summed E-state index contributed by atoms with van der Waals surface area (Å²) in [5.41, 5.74) is 0. The van der Waals surface area contributed by atoms with Crippen LogP contribution in [0, 0.1) is 29.6 Å². The highest BCUT2D eigenvalue weighted by Gasteiger charge is 2.36. The summed E-state index contributed by atoms with van der Waals surface area (Å²) in [5, 5.41) is 0. The van der Waals surface area contributed by atoms with Crippen LogP contribution < -0.4 is 0 Å². The van der Waals surface area contributed by atoms with Crippen LogP contribution in [-0.2, 0) is 0 Å². The van der Waals surface area contributed by atoms with Crippen LogP contribution in [0.2, 0.25) is 0 Å². The van der Waals surface area contributed by atoms with Crippen LogP contribution in [0.5, 0.6) is 0 Å². The summed E-state index contributed by atoms with van der Waals surface area (Å²) in [5.74, 6) is 5.56. The van der Waals surface area contributed by atoms with Gasteiger partial charge in [0.05, 0.1) is 0 Å². The first-order valence-electron chi connectivity index (χ1n) is 8.33. The molecule has 0 aromatic heterocycles. The third-order valence-corrected chi connectivity index (χ3v) is 6.31. The second-order valence-electron chi connectivity index (χ2n) is 7.40. The Morgan fingerprint density at radius 2 is 1.00 bits per heavy atom. The molecule has 0 bridgehead atoms. The van der Waals surface area contributed by atoms with Gasteiger partial charge in [-0.25, -0.2) is 0 Å². The van der Waals surface area contributed by atoms with E-state index in [4.69, 9.17) is 0 Å². The molecule has 3 fully saturated rings. The minimum Gasteiger partial charge on any atom is -0.0625 e. The maximum absolute atomic E-state index is 2.45. The van der Waals surface area contributed by atoms with Gasteiger partial charge in [0.25, 0.3) is 0 Å². The average molecular weight is 234 g/mol. The molecule has 98 valence electrons. The molecular formula is C17H30. The fourth-order valence-electron chi connectivity index (χ4n) is 5.10. The fraction of sp³-hybridized carbons (Fsp3) is 1.00. The molecule has 0 heterocycles. The molecule has 0 nitrogen and oxygen atoms in total. The smallest absolute Gasteiger partial charge is 0.0383 e. The Morgan fingerprint density at radius 3 is 1.59 bits per heavy atom. The maximum Gasteiger partial charge on any atom is -0.0383 e. The van der Waals surface area contributed by atoms with Crippen LogP contribution in [0.3, 0.4) is 0 Å². The van der Waals surface area contributed by atoms with Gasteiger partial charge in [0.15, 0.2) is 0 Å². The highest BCUT2D eigenvalue weighted by atomic mass is 14.4. The van der Waals surface area contributed by atoms with Gasteiger partial charge in [0.2, 0.25) is 0 Å². The van der Waals surface area contributed by atoms with Gasteiger partial charge in [-0.1, -0.05) is 45.4 Å². The van der Waals surface area contributed by atoms with E-state index in [0.717, 1.165) is 29.6 Å². The SMILES string of the molecule is CC1CCC(C2CCC(C3CCCC3)C2)CC1. The molecule has 0 aromatic carbocycles. The molecule has 0 saturated heterocycles. The van der Waals surface area contributed by atoms with Gasteiger partial charge in [-0.3, -0.25) is 0 Å². The predicted molar refractivity (Wildman–Crippen MR) is 73.9 cm³/mol. The molecule has 2 unspecified atom stereocenters. The molecule has 0 spiro atoms. The van der Waals surface area contributed by atoms with Crippen LogP contribution in [0.4, 0.5) is 0 Å². The standard InChI is InChI=1S/C17H30/c1-13-6-8-15(9-7-13)17-11-10-16(12-17)14-4-2-3-5-14/h13-17H,2-12H2,1H3. The molecule has 0 N–H and O–H groups in total. The van der Waals surface area contributed by atoms with Crippen LogP contribution in [0.25, 0.3) is 0 Å². The van der Waals surface area contributed by atoms with Gasteiger partial charge in [-0.05, 0) is 61.7 Å². The van der Waals surface area contributed by atoms with Gasteiger partial charge < -0.3 is 0 Å². The minimum atomic E-state index is 1.03. The summed E-state index contributed by atoms with van der Waals surface area (Å²) in [7, 11) is 0. The molecule has 3 aliphatic rings. The zero-order valence-electron chi connectivity index (χ0n) is 11.7. The van der Waals surface area contributed by atoms with E-state index in [2.05, 4.69) is 6.92 Å². The van der Waals surface area contributed by atoms with Crippen molar-refractivity contribution in [2.45, 2.75) is 77.6 Å². The van der Waals surface area contributed by atoms with Crippen molar-refractivity contribution in [3.8, 4) is 0 Å². The Balaban J connectivity index is 1.49. The summed E-state index contributed by atoms with van der Waals surface area (Å²) in [6.07, 6.45) is 17.2. The second-order valence-corrected chi connectivity index (χ2v) is 7.40. The van der Waals surface area contributed by atoms with Gasteiger partial charge in [0.1, 0.15) is 0 Å². The van der Waals surface area contributed by atoms with E-state index in [1.807, 2.05) is 0 Å². The average Bonchev–Trinajstić information content (AvgIpc) is 3.00. The number of hydrogen-bond donors (Lipinski definition) is 0. The molecule has 0 amide bonds. The van der Waals surface area contributed by atoms with Gasteiger partial charge in [-0.15, -0.1) is 0 Å². The lowest BCUT2D eigenvalue weighted by molar-refractivity contribution is 0.204. The minimum absolute atomic E-state index is 1.03. The van der Waals surface area contributed by atoms with Crippen molar-refractivity contribution in [1.82, 2.24) is 0 Å². The Kier molecular flexibility index (Phi) is 3.78. The molecule has 2 atom stereocenters. The number of rotatable bonds is 2. The third kappa shape index (κ3) is 2.71. The molecule has 0 heteroatoms. The topological polar surface area (TPSA) is 0 Å². The van der Waals surface area contributed by atoms with Crippen molar-refractivity contribution in [2.24, 2.45) is 29.6 Å². The van der Waals surface area contributed by atoms with Crippen molar-refractivity contribution in [1.29, 1.82) is 0 Å². The molecule has 0 aliphatic heterocycles. The monoisotopic (exact) mass is 234 g/mol. The Bertz CT molecular complexity index is 230. The summed E-state index contributed by atoms with van der Waals surface area (Å²) in [4.78, 5) is 0. The predicted octanol–water partition coefficient (Wildman–Crippen LogP) is 5.42. The summed E-state index contributed by atoms with van der Waals surface area (Å²) in [6.45, 7) is 2.45. The lowest BCUT2D eigenvalue weighted by Gasteiger charge is -2.31. The van der Waals surface area contributed by atoms with Gasteiger partial charge in [-0.2, -0.15) is 0 Å². The summed E-state index contributed by atoms with van der Waals surface area (Å²) < 4.78 is 0. The van der Waals surface area contributed by atoms with E-state index < -0.39 is 0 Å². The van der Waals surface area contributed by atoms with Crippen molar-refractivity contribution in [3.05, 3.63) is 0 Å². The maximum atomic E-state index is 2.45. The van der Waals surface area contributed by atoms with Crippen LogP contribution in [0.15, 0.2) is 0 Å². The first kappa shape index (κ1) is 12.1. The first-order chi connectivity index (χ1) is 8.33. The van der Waals surface area contributed by atoms with Crippen molar-refractivity contribution in [3.63, 3.8) is 0 Å². The Labute approximate surface area is 108 Å². The van der Waals surface area contributed by atoms with Gasteiger partial charge >= 0.3 is 0 Å². The number of hydrogen-bond acceptors (Lipinski definition) is 0.